The second-order valence-electron chi connectivity index (χ2n) is 6.32. The van der Waals surface area contributed by atoms with Crippen molar-refractivity contribution in [3.05, 3.63) is 11.6 Å². The number of hydrogen-bond acceptors (Lipinski definition) is 2. The summed E-state index contributed by atoms with van der Waals surface area (Å²) in [5.41, 5.74) is 0.949. The lowest BCUT2D eigenvalue weighted by Gasteiger charge is -2.21. The van der Waals surface area contributed by atoms with Gasteiger partial charge < -0.3 is 10.0 Å². The normalized spacial score (nSPS) is 28.3. The first kappa shape index (κ1) is 19.8. The predicted molar refractivity (Wildman–Crippen MR) is 80.2 cm³/mol. The Hall–Kier alpha value is -1.24. The molecule has 0 radical (unpaired) electrons. The Morgan fingerprint density at radius 2 is 1.78 bits per heavy atom. The van der Waals surface area contributed by atoms with E-state index < -0.39 is 36.4 Å². The van der Waals surface area contributed by atoms with Gasteiger partial charge in [0.1, 0.15) is 0 Å². The number of likely N-dealkylation sites (tertiary alicyclic amines) is 1. The average Bonchev–Trinajstić information content (AvgIpc) is 2.86. The SMILES string of the molecule is CC1CCC(=CC(=O)N2C[C@@H](C(F)(F)F)[C@H](C(=O)O)C2)CC1.Cl. The van der Waals surface area contributed by atoms with E-state index in [9.17, 15) is 22.8 Å². The number of rotatable bonds is 2. The number of carbonyl (C=O) groups is 2. The Morgan fingerprint density at radius 3 is 2.22 bits per heavy atom. The second kappa shape index (κ2) is 7.55. The van der Waals surface area contributed by atoms with Gasteiger partial charge in [0.15, 0.2) is 0 Å². The molecule has 1 aliphatic heterocycles. The van der Waals surface area contributed by atoms with Gasteiger partial charge >= 0.3 is 12.1 Å². The highest BCUT2D eigenvalue weighted by atomic mass is 35.5. The van der Waals surface area contributed by atoms with E-state index in [0.717, 1.165) is 36.2 Å². The highest BCUT2D eigenvalue weighted by molar-refractivity contribution is 5.89. The van der Waals surface area contributed by atoms with Crippen LogP contribution in [0.2, 0.25) is 0 Å². The van der Waals surface area contributed by atoms with E-state index in [1.807, 2.05) is 0 Å². The fraction of sp³-hybridized carbons (Fsp3) is 0.733. The minimum Gasteiger partial charge on any atom is -0.481 e. The quantitative estimate of drug-likeness (QED) is 0.773. The average molecular weight is 356 g/mol. The van der Waals surface area contributed by atoms with Gasteiger partial charge in [0.2, 0.25) is 5.91 Å². The monoisotopic (exact) mass is 355 g/mol. The van der Waals surface area contributed by atoms with Gasteiger partial charge in [0.05, 0.1) is 11.8 Å². The molecule has 2 rings (SSSR count). The van der Waals surface area contributed by atoms with Crippen molar-refractivity contribution in [1.82, 2.24) is 4.90 Å². The summed E-state index contributed by atoms with van der Waals surface area (Å²) >= 11 is 0. The number of carboxylic acid groups (broad SMARTS) is 1. The molecule has 23 heavy (non-hydrogen) atoms. The van der Waals surface area contributed by atoms with Crippen molar-refractivity contribution in [3.63, 3.8) is 0 Å². The Labute approximate surface area is 139 Å². The van der Waals surface area contributed by atoms with Crippen LogP contribution in [-0.2, 0) is 9.59 Å². The summed E-state index contributed by atoms with van der Waals surface area (Å²) in [4.78, 5) is 24.1. The van der Waals surface area contributed by atoms with Crippen molar-refractivity contribution < 1.29 is 27.9 Å². The number of alkyl halides is 3. The van der Waals surface area contributed by atoms with Crippen LogP contribution in [0, 0.1) is 17.8 Å². The maximum atomic E-state index is 12.9. The Morgan fingerprint density at radius 1 is 1.22 bits per heavy atom. The fourth-order valence-electron chi connectivity index (χ4n) is 3.11. The summed E-state index contributed by atoms with van der Waals surface area (Å²) < 4.78 is 38.7. The summed E-state index contributed by atoms with van der Waals surface area (Å²) in [6.07, 6.45) is 0.316. The van der Waals surface area contributed by atoms with Crippen LogP contribution in [0.25, 0.3) is 0 Å². The van der Waals surface area contributed by atoms with Gasteiger partial charge in [-0.1, -0.05) is 12.5 Å². The van der Waals surface area contributed by atoms with E-state index in [1.165, 1.54) is 6.08 Å². The molecule has 132 valence electrons. The zero-order valence-corrected chi connectivity index (χ0v) is 13.6. The van der Waals surface area contributed by atoms with Crippen LogP contribution in [-0.4, -0.2) is 41.1 Å². The number of carboxylic acids is 1. The van der Waals surface area contributed by atoms with Crippen LogP contribution in [0.3, 0.4) is 0 Å². The molecule has 1 aliphatic carbocycles. The van der Waals surface area contributed by atoms with Gasteiger partial charge in [0, 0.05) is 19.2 Å². The lowest BCUT2D eigenvalue weighted by Crippen LogP contribution is -2.34. The van der Waals surface area contributed by atoms with E-state index in [1.54, 1.807) is 0 Å². The lowest BCUT2D eigenvalue weighted by molar-refractivity contribution is -0.188. The standard InChI is InChI=1S/C15H20F3NO3.ClH/c1-9-2-4-10(5-3-9)6-13(20)19-7-11(14(21)22)12(8-19)15(16,17)18;/h6,9,11-12H,2-5,7-8H2,1H3,(H,21,22);1H/t9?,11-,12-;/m1./s1. The first-order valence-electron chi connectivity index (χ1n) is 7.46. The van der Waals surface area contributed by atoms with Crippen molar-refractivity contribution in [3.8, 4) is 0 Å². The third-order valence-electron chi connectivity index (χ3n) is 4.61. The van der Waals surface area contributed by atoms with E-state index in [2.05, 4.69) is 6.92 Å². The number of carbonyl (C=O) groups excluding carboxylic acids is 1. The van der Waals surface area contributed by atoms with Crippen molar-refractivity contribution in [2.45, 2.75) is 38.8 Å². The van der Waals surface area contributed by atoms with E-state index >= 15 is 0 Å². The zero-order chi connectivity index (χ0) is 16.5. The molecule has 1 heterocycles. The topological polar surface area (TPSA) is 57.6 Å². The van der Waals surface area contributed by atoms with Gasteiger partial charge in [-0.25, -0.2) is 0 Å². The molecule has 0 aromatic carbocycles. The number of aliphatic carboxylic acids is 1. The van der Waals surface area contributed by atoms with Gasteiger partial charge in [-0.15, -0.1) is 12.4 Å². The van der Waals surface area contributed by atoms with E-state index in [4.69, 9.17) is 5.11 Å². The number of allylic oxidation sites excluding steroid dienone is 1. The third-order valence-corrected chi connectivity index (χ3v) is 4.61. The predicted octanol–water partition coefficient (Wildman–Crippen LogP) is 3.27. The van der Waals surface area contributed by atoms with Crippen LogP contribution in [0.1, 0.15) is 32.6 Å². The minimum atomic E-state index is -4.61. The third kappa shape index (κ3) is 4.86. The molecule has 1 saturated carbocycles. The number of amides is 1. The van der Waals surface area contributed by atoms with Crippen LogP contribution < -0.4 is 0 Å². The highest BCUT2D eigenvalue weighted by Crippen LogP contribution is 2.38. The molecule has 0 bridgehead atoms. The lowest BCUT2D eigenvalue weighted by atomic mass is 9.87. The summed E-state index contributed by atoms with van der Waals surface area (Å²) in [7, 11) is 0. The summed E-state index contributed by atoms with van der Waals surface area (Å²) in [6, 6.07) is 0. The Kier molecular flexibility index (Phi) is 6.50. The minimum absolute atomic E-state index is 0. The first-order chi connectivity index (χ1) is 10.2. The summed E-state index contributed by atoms with van der Waals surface area (Å²) in [6.45, 7) is 1.18. The summed E-state index contributed by atoms with van der Waals surface area (Å²) in [5.74, 6) is -4.96. The van der Waals surface area contributed by atoms with Gasteiger partial charge in [-0.05, 0) is 31.6 Å². The molecule has 2 aliphatic rings. The molecule has 4 nitrogen and oxygen atoms in total. The molecule has 2 atom stereocenters. The van der Waals surface area contributed by atoms with Crippen LogP contribution >= 0.6 is 12.4 Å². The highest BCUT2D eigenvalue weighted by Gasteiger charge is 2.53. The molecule has 0 aromatic heterocycles. The van der Waals surface area contributed by atoms with E-state index in [0.29, 0.717) is 5.92 Å². The molecule has 0 unspecified atom stereocenters. The Bertz CT molecular complexity index is 483. The van der Waals surface area contributed by atoms with Crippen molar-refractivity contribution >= 4 is 24.3 Å². The molecule has 1 amide bonds. The molecular weight excluding hydrogens is 335 g/mol. The van der Waals surface area contributed by atoms with Gasteiger partial charge in [-0.3, -0.25) is 9.59 Å². The largest absolute Gasteiger partial charge is 0.481 e. The second-order valence-corrected chi connectivity index (χ2v) is 6.32. The molecular formula is C15H21ClF3NO3. The number of hydrogen-bond donors (Lipinski definition) is 1. The van der Waals surface area contributed by atoms with Gasteiger partial charge in [0.25, 0.3) is 0 Å². The molecule has 0 aromatic rings. The molecule has 1 saturated heterocycles. The first-order valence-corrected chi connectivity index (χ1v) is 7.46. The number of halogens is 4. The maximum absolute atomic E-state index is 12.9. The zero-order valence-electron chi connectivity index (χ0n) is 12.8. The molecule has 0 spiro atoms. The van der Waals surface area contributed by atoms with Crippen LogP contribution in [0.4, 0.5) is 13.2 Å². The van der Waals surface area contributed by atoms with Crippen molar-refractivity contribution in [2.75, 3.05) is 13.1 Å². The van der Waals surface area contributed by atoms with Crippen LogP contribution in [0.5, 0.6) is 0 Å². The summed E-state index contributed by atoms with van der Waals surface area (Å²) in [5, 5.41) is 8.94. The fourth-order valence-corrected chi connectivity index (χ4v) is 3.11. The van der Waals surface area contributed by atoms with Crippen molar-refractivity contribution in [1.29, 1.82) is 0 Å². The Balaban J connectivity index is 0.00000264. The van der Waals surface area contributed by atoms with Crippen molar-refractivity contribution in [2.24, 2.45) is 17.8 Å². The molecule has 1 N–H and O–H groups in total. The number of nitrogens with zero attached hydrogens (tertiary/aromatic N) is 1. The van der Waals surface area contributed by atoms with Crippen LogP contribution in [0.15, 0.2) is 11.6 Å². The molecule has 8 heteroatoms. The molecule has 2 fully saturated rings. The smallest absolute Gasteiger partial charge is 0.394 e. The maximum Gasteiger partial charge on any atom is 0.394 e. The van der Waals surface area contributed by atoms with E-state index in [-0.39, 0.29) is 19.0 Å². The van der Waals surface area contributed by atoms with Gasteiger partial charge in [-0.2, -0.15) is 13.2 Å².